The summed E-state index contributed by atoms with van der Waals surface area (Å²) in [5, 5.41) is 9.40. The number of nitrogens with two attached hydrogens (primary N) is 1. The molecule has 0 saturated heterocycles. The van der Waals surface area contributed by atoms with E-state index in [1.807, 2.05) is 19.9 Å². The highest BCUT2D eigenvalue weighted by Crippen LogP contribution is 2.28. The number of benzene rings is 2. The van der Waals surface area contributed by atoms with Crippen molar-refractivity contribution in [3.05, 3.63) is 47.5 Å². The molecular formula is C15H18N2O3S. The molecule has 0 spiro atoms. The van der Waals surface area contributed by atoms with Crippen LogP contribution in [0.5, 0.6) is 5.75 Å². The van der Waals surface area contributed by atoms with E-state index in [4.69, 9.17) is 5.73 Å². The van der Waals surface area contributed by atoms with Crippen LogP contribution in [0.1, 0.15) is 11.1 Å². The van der Waals surface area contributed by atoms with Crippen molar-refractivity contribution in [2.24, 2.45) is 0 Å². The third kappa shape index (κ3) is 2.95. The maximum atomic E-state index is 12.6. The van der Waals surface area contributed by atoms with Crippen LogP contribution in [0.15, 0.2) is 41.3 Å². The Morgan fingerprint density at radius 2 is 1.62 bits per heavy atom. The van der Waals surface area contributed by atoms with Crippen LogP contribution >= 0.6 is 0 Å². The zero-order valence-electron chi connectivity index (χ0n) is 12.2. The molecule has 0 fully saturated rings. The van der Waals surface area contributed by atoms with Gasteiger partial charge < -0.3 is 10.8 Å². The predicted octanol–water partition coefficient (Wildman–Crippen LogP) is 2.42. The molecule has 3 N–H and O–H groups in total. The van der Waals surface area contributed by atoms with Crippen molar-refractivity contribution in [3.63, 3.8) is 0 Å². The van der Waals surface area contributed by atoms with E-state index in [2.05, 4.69) is 0 Å². The van der Waals surface area contributed by atoms with E-state index in [0.717, 1.165) is 11.1 Å². The number of hydrogen-bond acceptors (Lipinski definition) is 4. The second-order valence-corrected chi connectivity index (χ2v) is 7.01. The predicted molar refractivity (Wildman–Crippen MR) is 84.0 cm³/mol. The maximum Gasteiger partial charge on any atom is 0.264 e. The van der Waals surface area contributed by atoms with Gasteiger partial charge in [0.05, 0.1) is 16.3 Å². The molecule has 0 aromatic heterocycles. The van der Waals surface area contributed by atoms with E-state index in [-0.39, 0.29) is 16.3 Å². The van der Waals surface area contributed by atoms with Gasteiger partial charge in [-0.25, -0.2) is 8.42 Å². The number of anilines is 2. The van der Waals surface area contributed by atoms with Crippen molar-refractivity contribution in [2.45, 2.75) is 18.7 Å². The Morgan fingerprint density at radius 3 is 2.14 bits per heavy atom. The Hall–Kier alpha value is -2.21. The van der Waals surface area contributed by atoms with Crippen LogP contribution in [-0.2, 0) is 10.0 Å². The molecule has 0 saturated carbocycles. The molecule has 2 aromatic carbocycles. The van der Waals surface area contributed by atoms with E-state index < -0.39 is 10.0 Å². The fourth-order valence-corrected chi connectivity index (χ4v) is 3.34. The molecule has 2 rings (SSSR count). The lowest BCUT2D eigenvalue weighted by atomic mass is 10.1. The topological polar surface area (TPSA) is 83.6 Å². The summed E-state index contributed by atoms with van der Waals surface area (Å²) in [6.45, 7) is 3.82. The highest BCUT2D eigenvalue weighted by molar-refractivity contribution is 7.92. The summed E-state index contributed by atoms with van der Waals surface area (Å²) in [5.74, 6) is -0.136. The molecule has 0 aliphatic carbocycles. The second-order valence-electron chi connectivity index (χ2n) is 5.04. The van der Waals surface area contributed by atoms with Crippen LogP contribution in [0.3, 0.4) is 0 Å². The van der Waals surface area contributed by atoms with Gasteiger partial charge in [0.15, 0.2) is 0 Å². The largest absolute Gasteiger partial charge is 0.506 e. The Balaban J connectivity index is 2.49. The molecule has 0 radical (unpaired) electrons. The first kappa shape index (κ1) is 15.2. The zero-order valence-corrected chi connectivity index (χ0v) is 13.0. The van der Waals surface area contributed by atoms with Gasteiger partial charge in [-0.15, -0.1) is 0 Å². The first-order chi connectivity index (χ1) is 9.71. The molecule has 0 amide bonds. The summed E-state index contributed by atoms with van der Waals surface area (Å²) in [4.78, 5) is 0.0412. The number of phenolic OH excluding ortho intramolecular Hbond substituents is 1. The van der Waals surface area contributed by atoms with Gasteiger partial charge in [0.2, 0.25) is 0 Å². The maximum absolute atomic E-state index is 12.6. The number of hydrogen-bond donors (Lipinski definition) is 2. The summed E-state index contributed by atoms with van der Waals surface area (Å²) < 4.78 is 26.4. The number of nitrogens with zero attached hydrogens (tertiary/aromatic N) is 1. The van der Waals surface area contributed by atoms with Crippen LogP contribution < -0.4 is 10.0 Å². The highest BCUT2D eigenvalue weighted by Gasteiger charge is 2.22. The molecule has 0 aliphatic heterocycles. The fraction of sp³-hybridized carbons (Fsp3) is 0.200. The Labute approximate surface area is 124 Å². The SMILES string of the molecule is Cc1cc(C)cc(N(C)S(=O)(=O)c2ccc(O)c(N)c2)c1. The van der Waals surface area contributed by atoms with Crippen molar-refractivity contribution in [2.75, 3.05) is 17.1 Å². The Bertz CT molecular complexity index is 765. The van der Waals surface area contributed by atoms with Gasteiger partial charge in [-0.2, -0.15) is 0 Å². The van der Waals surface area contributed by atoms with Crippen LogP contribution in [0.4, 0.5) is 11.4 Å². The number of phenols is 1. The third-order valence-corrected chi connectivity index (χ3v) is 5.01. The lowest BCUT2D eigenvalue weighted by Gasteiger charge is -2.21. The fourth-order valence-electron chi connectivity index (χ4n) is 2.12. The van der Waals surface area contributed by atoms with Gasteiger partial charge in [0, 0.05) is 7.05 Å². The summed E-state index contributed by atoms with van der Waals surface area (Å²) in [7, 11) is -2.23. The third-order valence-electron chi connectivity index (χ3n) is 3.23. The van der Waals surface area contributed by atoms with Crippen LogP contribution in [0, 0.1) is 13.8 Å². The lowest BCUT2D eigenvalue weighted by molar-refractivity contribution is 0.477. The van der Waals surface area contributed by atoms with E-state index in [9.17, 15) is 13.5 Å². The van der Waals surface area contributed by atoms with Crippen molar-refractivity contribution in [3.8, 4) is 5.75 Å². The first-order valence-corrected chi connectivity index (χ1v) is 7.81. The van der Waals surface area contributed by atoms with Gasteiger partial charge in [-0.3, -0.25) is 4.31 Å². The van der Waals surface area contributed by atoms with Crippen LogP contribution in [0.2, 0.25) is 0 Å². The molecular weight excluding hydrogens is 288 g/mol. The van der Waals surface area contributed by atoms with Crippen LogP contribution in [0.25, 0.3) is 0 Å². The molecule has 0 unspecified atom stereocenters. The summed E-state index contributed by atoms with van der Waals surface area (Å²) in [6, 6.07) is 9.44. The minimum Gasteiger partial charge on any atom is -0.506 e. The summed E-state index contributed by atoms with van der Waals surface area (Å²) in [6.07, 6.45) is 0. The summed E-state index contributed by atoms with van der Waals surface area (Å²) >= 11 is 0. The quantitative estimate of drug-likeness (QED) is 0.674. The van der Waals surface area contributed by atoms with E-state index in [1.54, 1.807) is 12.1 Å². The normalized spacial score (nSPS) is 11.4. The average Bonchev–Trinajstić information content (AvgIpc) is 2.39. The molecule has 112 valence electrons. The standard InChI is InChI=1S/C15H18N2O3S/c1-10-6-11(2)8-12(7-10)17(3)21(19,20)13-4-5-15(18)14(16)9-13/h4-9,18H,16H2,1-3H3. The van der Waals surface area contributed by atoms with Gasteiger partial charge in [-0.05, 0) is 55.3 Å². The zero-order chi connectivity index (χ0) is 15.8. The molecule has 21 heavy (non-hydrogen) atoms. The van der Waals surface area contributed by atoms with E-state index in [0.29, 0.717) is 5.69 Å². The molecule has 6 heteroatoms. The number of aromatic hydroxyl groups is 1. The number of nitrogen functional groups attached to an aromatic ring is 1. The molecule has 0 heterocycles. The Morgan fingerprint density at radius 1 is 1.05 bits per heavy atom. The van der Waals surface area contributed by atoms with Gasteiger partial charge in [0.1, 0.15) is 5.75 Å². The molecule has 2 aromatic rings. The van der Waals surface area contributed by atoms with Crippen molar-refractivity contribution in [1.82, 2.24) is 0 Å². The molecule has 0 bridgehead atoms. The monoisotopic (exact) mass is 306 g/mol. The molecule has 5 nitrogen and oxygen atoms in total. The summed E-state index contributed by atoms with van der Waals surface area (Å²) in [5.41, 5.74) is 8.15. The molecule has 0 atom stereocenters. The minimum absolute atomic E-state index is 0.0323. The lowest BCUT2D eigenvalue weighted by Crippen LogP contribution is -2.26. The van der Waals surface area contributed by atoms with Crippen molar-refractivity contribution >= 4 is 21.4 Å². The van der Waals surface area contributed by atoms with Crippen molar-refractivity contribution < 1.29 is 13.5 Å². The number of sulfonamides is 1. The average molecular weight is 306 g/mol. The smallest absolute Gasteiger partial charge is 0.264 e. The second kappa shape index (κ2) is 5.29. The van der Waals surface area contributed by atoms with Gasteiger partial charge in [-0.1, -0.05) is 6.07 Å². The van der Waals surface area contributed by atoms with Crippen LogP contribution in [-0.4, -0.2) is 20.6 Å². The van der Waals surface area contributed by atoms with E-state index in [1.165, 1.54) is 29.6 Å². The number of rotatable bonds is 3. The van der Waals surface area contributed by atoms with Gasteiger partial charge >= 0.3 is 0 Å². The van der Waals surface area contributed by atoms with Gasteiger partial charge in [0.25, 0.3) is 10.0 Å². The number of aryl methyl sites for hydroxylation is 2. The van der Waals surface area contributed by atoms with Crippen molar-refractivity contribution in [1.29, 1.82) is 0 Å². The highest BCUT2D eigenvalue weighted by atomic mass is 32.2. The molecule has 0 aliphatic rings. The van der Waals surface area contributed by atoms with E-state index >= 15 is 0 Å². The minimum atomic E-state index is -3.72. The first-order valence-electron chi connectivity index (χ1n) is 6.37. The Kier molecular flexibility index (Phi) is 3.82.